The van der Waals surface area contributed by atoms with Crippen molar-refractivity contribution in [1.29, 1.82) is 0 Å². The van der Waals surface area contributed by atoms with E-state index in [1.165, 1.54) is 6.07 Å². The Labute approximate surface area is 124 Å². The maximum Gasteiger partial charge on any atom is 0.265 e. The van der Waals surface area contributed by atoms with Crippen molar-refractivity contribution in [3.05, 3.63) is 29.3 Å². The molecule has 0 unspecified atom stereocenters. The summed E-state index contributed by atoms with van der Waals surface area (Å²) < 4.78 is 23.9. The Balaban J connectivity index is 2.42. The van der Waals surface area contributed by atoms with E-state index in [0.29, 0.717) is 36.7 Å². The Morgan fingerprint density at radius 3 is 2.76 bits per heavy atom. The smallest absolute Gasteiger partial charge is 0.265 e. The van der Waals surface area contributed by atoms with Crippen molar-refractivity contribution < 1.29 is 18.7 Å². The summed E-state index contributed by atoms with van der Waals surface area (Å²) in [5.41, 5.74) is 2.63. The van der Waals surface area contributed by atoms with Crippen LogP contribution in [0.3, 0.4) is 0 Å². The molecule has 0 spiro atoms. The topological polar surface area (TPSA) is 73.6 Å². The van der Waals surface area contributed by atoms with Crippen molar-refractivity contribution in [3.63, 3.8) is 0 Å². The van der Waals surface area contributed by atoms with Crippen LogP contribution in [-0.4, -0.2) is 25.7 Å². The van der Waals surface area contributed by atoms with E-state index in [9.17, 15) is 9.18 Å². The largest absolute Gasteiger partial charge is 0.491 e. The Kier molecular flexibility index (Phi) is 8.38. The minimum atomic E-state index is -0.710. The molecule has 0 aromatic heterocycles. The molecule has 0 heterocycles. The van der Waals surface area contributed by atoms with Crippen molar-refractivity contribution in [3.8, 4) is 5.75 Å². The molecule has 0 aliphatic carbocycles. The van der Waals surface area contributed by atoms with E-state index in [1.807, 2.05) is 5.43 Å². The van der Waals surface area contributed by atoms with Gasteiger partial charge in [0, 0.05) is 17.7 Å². The van der Waals surface area contributed by atoms with Crippen molar-refractivity contribution in [2.75, 3.05) is 19.8 Å². The third-order valence-corrected chi connectivity index (χ3v) is 2.98. The van der Waals surface area contributed by atoms with Gasteiger partial charge in [0.2, 0.25) is 0 Å². The number of nitrogens with two attached hydrogens (primary N) is 1. The second kappa shape index (κ2) is 10.1. The fourth-order valence-electron chi connectivity index (χ4n) is 1.82. The number of ether oxygens (including phenoxy) is 2. The second-order valence-electron chi connectivity index (χ2n) is 4.60. The van der Waals surface area contributed by atoms with Crippen LogP contribution in [0.4, 0.5) is 4.39 Å². The first-order valence-corrected chi connectivity index (χ1v) is 7.13. The van der Waals surface area contributed by atoms with E-state index in [2.05, 4.69) is 6.92 Å². The van der Waals surface area contributed by atoms with Gasteiger partial charge in [-0.05, 0) is 24.6 Å². The Hall–Kier alpha value is -1.66. The lowest BCUT2D eigenvalue weighted by Gasteiger charge is -2.11. The Morgan fingerprint density at radius 1 is 1.29 bits per heavy atom. The molecule has 0 saturated carbocycles. The molecule has 0 fully saturated rings. The predicted octanol–water partition coefficient (Wildman–Crippen LogP) is 2.35. The lowest BCUT2D eigenvalue weighted by molar-refractivity contribution is 0.0949. The monoisotopic (exact) mass is 298 g/mol. The predicted molar refractivity (Wildman–Crippen MR) is 78.7 cm³/mol. The zero-order chi connectivity index (χ0) is 15.5. The maximum absolute atomic E-state index is 13.0. The zero-order valence-electron chi connectivity index (χ0n) is 12.4. The Morgan fingerprint density at radius 2 is 2.10 bits per heavy atom. The molecule has 1 amide bonds. The summed E-state index contributed by atoms with van der Waals surface area (Å²) in [6, 6.07) is 4.54. The zero-order valence-corrected chi connectivity index (χ0v) is 12.4. The van der Waals surface area contributed by atoms with Crippen LogP contribution in [0.25, 0.3) is 0 Å². The molecule has 0 saturated heterocycles. The maximum atomic E-state index is 13.0. The van der Waals surface area contributed by atoms with Crippen LogP contribution < -0.4 is 16.0 Å². The van der Waals surface area contributed by atoms with Crippen LogP contribution in [0.15, 0.2) is 18.2 Å². The van der Waals surface area contributed by atoms with Gasteiger partial charge < -0.3 is 9.47 Å². The molecular weight excluding hydrogens is 275 g/mol. The van der Waals surface area contributed by atoms with E-state index in [1.54, 1.807) is 12.1 Å². The van der Waals surface area contributed by atoms with E-state index in [-0.39, 0.29) is 0 Å². The average molecular weight is 298 g/mol. The average Bonchev–Trinajstić information content (AvgIpc) is 2.53. The molecule has 0 atom stereocenters. The first kappa shape index (κ1) is 17.4. The minimum absolute atomic E-state index is 0.299. The number of rotatable bonds is 10. The van der Waals surface area contributed by atoms with Gasteiger partial charge in [-0.3, -0.25) is 10.2 Å². The highest BCUT2D eigenvalue weighted by atomic mass is 19.1. The van der Waals surface area contributed by atoms with Gasteiger partial charge in [-0.25, -0.2) is 10.2 Å². The van der Waals surface area contributed by atoms with Gasteiger partial charge >= 0.3 is 0 Å². The van der Waals surface area contributed by atoms with Gasteiger partial charge in [-0.2, -0.15) is 0 Å². The number of benzene rings is 1. The van der Waals surface area contributed by atoms with Crippen LogP contribution in [0.2, 0.25) is 0 Å². The number of hydrogen-bond donors (Lipinski definition) is 2. The number of hydrazine groups is 1. The number of nitrogen functional groups attached to an aromatic ring is 1. The number of nitrogens with one attached hydrogen (secondary N) is 1. The fourth-order valence-corrected chi connectivity index (χ4v) is 1.82. The highest BCUT2D eigenvalue weighted by molar-refractivity contribution is 5.94. The molecule has 1 aromatic carbocycles. The minimum Gasteiger partial charge on any atom is -0.491 e. The molecule has 1 aromatic rings. The van der Waals surface area contributed by atoms with E-state index >= 15 is 0 Å². The van der Waals surface area contributed by atoms with Crippen molar-refractivity contribution >= 4 is 5.91 Å². The van der Waals surface area contributed by atoms with Crippen LogP contribution in [0.5, 0.6) is 5.75 Å². The van der Waals surface area contributed by atoms with E-state index in [0.717, 1.165) is 19.3 Å². The molecule has 0 radical (unpaired) electrons. The number of carbonyl (C=O) groups is 1. The molecule has 21 heavy (non-hydrogen) atoms. The Bertz CT molecular complexity index is 441. The SMILES string of the molecule is CCCCCOCCOc1ccc(C(=O)NN)cc1CF. The number of unbranched alkanes of at least 4 members (excludes halogenated alkanes) is 2. The first-order chi connectivity index (χ1) is 10.2. The van der Waals surface area contributed by atoms with Crippen molar-refractivity contribution in [2.45, 2.75) is 32.9 Å². The first-order valence-electron chi connectivity index (χ1n) is 7.13. The number of alkyl halides is 1. The van der Waals surface area contributed by atoms with Gasteiger partial charge in [0.1, 0.15) is 19.0 Å². The number of amides is 1. The normalized spacial score (nSPS) is 10.4. The molecular formula is C15H23FN2O3. The summed E-state index contributed by atoms with van der Waals surface area (Å²) in [7, 11) is 0. The quantitative estimate of drug-likeness (QED) is 0.301. The summed E-state index contributed by atoms with van der Waals surface area (Å²) >= 11 is 0. The van der Waals surface area contributed by atoms with Crippen molar-refractivity contribution in [2.24, 2.45) is 5.84 Å². The van der Waals surface area contributed by atoms with Gasteiger partial charge in [-0.15, -0.1) is 0 Å². The third kappa shape index (κ3) is 6.10. The number of carbonyl (C=O) groups excluding carboxylic acids is 1. The third-order valence-electron chi connectivity index (χ3n) is 2.98. The standard InChI is InChI=1S/C15H23FN2O3/c1-2-3-4-7-20-8-9-21-14-6-5-12(15(19)18-17)10-13(14)11-16/h5-6,10H,2-4,7-9,11,17H2,1H3,(H,18,19). The molecule has 0 aliphatic rings. The molecule has 5 nitrogen and oxygen atoms in total. The van der Waals surface area contributed by atoms with Gasteiger partial charge in [0.15, 0.2) is 0 Å². The van der Waals surface area contributed by atoms with Gasteiger partial charge in [-0.1, -0.05) is 19.8 Å². The van der Waals surface area contributed by atoms with Gasteiger partial charge in [0.05, 0.1) is 6.61 Å². The number of hydrogen-bond acceptors (Lipinski definition) is 4. The number of halogens is 1. The summed E-state index contributed by atoms with van der Waals surface area (Å²) in [5.74, 6) is 5.00. The van der Waals surface area contributed by atoms with Crippen LogP contribution in [-0.2, 0) is 11.4 Å². The summed E-state index contributed by atoms with van der Waals surface area (Å²) in [4.78, 5) is 11.4. The van der Waals surface area contributed by atoms with Crippen LogP contribution >= 0.6 is 0 Å². The fraction of sp³-hybridized carbons (Fsp3) is 0.533. The van der Waals surface area contributed by atoms with Crippen molar-refractivity contribution in [1.82, 2.24) is 5.43 Å². The van der Waals surface area contributed by atoms with Crippen LogP contribution in [0, 0.1) is 0 Å². The van der Waals surface area contributed by atoms with E-state index in [4.69, 9.17) is 15.3 Å². The lowest BCUT2D eigenvalue weighted by atomic mass is 10.1. The summed E-state index contributed by atoms with van der Waals surface area (Å²) in [5, 5.41) is 0. The molecule has 6 heteroatoms. The van der Waals surface area contributed by atoms with E-state index < -0.39 is 12.6 Å². The molecule has 118 valence electrons. The highest BCUT2D eigenvalue weighted by Gasteiger charge is 2.09. The van der Waals surface area contributed by atoms with Gasteiger partial charge in [0.25, 0.3) is 5.91 Å². The highest BCUT2D eigenvalue weighted by Crippen LogP contribution is 2.21. The summed E-state index contributed by atoms with van der Waals surface area (Å²) in [6.45, 7) is 2.94. The van der Waals surface area contributed by atoms with Crippen LogP contribution in [0.1, 0.15) is 42.1 Å². The molecule has 0 bridgehead atoms. The second-order valence-corrected chi connectivity index (χ2v) is 4.60. The molecule has 0 aliphatic heterocycles. The molecule has 3 N–H and O–H groups in total. The summed E-state index contributed by atoms with van der Waals surface area (Å²) in [6.07, 6.45) is 3.34. The lowest BCUT2D eigenvalue weighted by Crippen LogP contribution is -2.30. The molecule has 1 rings (SSSR count).